The monoisotopic (exact) mass is 376 g/mol. The summed E-state index contributed by atoms with van der Waals surface area (Å²) in [4.78, 5) is 2.41. The molecule has 0 spiro atoms. The molecule has 144 valence electrons. The maximum atomic E-state index is 13.9. The van der Waals surface area contributed by atoms with Crippen LogP contribution >= 0.6 is 0 Å². The van der Waals surface area contributed by atoms with Crippen LogP contribution in [-0.2, 0) is 6.61 Å². The number of nitrogens with zero attached hydrogens (tertiary/aromatic N) is 1. The van der Waals surface area contributed by atoms with Crippen LogP contribution in [0.15, 0.2) is 78.9 Å². The van der Waals surface area contributed by atoms with E-state index in [9.17, 15) is 4.39 Å². The van der Waals surface area contributed by atoms with Crippen LogP contribution < -0.4 is 10.1 Å². The predicted octanol–water partition coefficient (Wildman–Crippen LogP) is 4.40. The average molecular weight is 376 g/mol. The molecule has 1 aliphatic heterocycles. The minimum atomic E-state index is -0.194. The zero-order valence-electron chi connectivity index (χ0n) is 15.9. The Morgan fingerprint density at radius 2 is 1.61 bits per heavy atom. The van der Waals surface area contributed by atoms with Crippen molar-refractivity contribution in [2.75, 3.05) is 26.2 Å². The van der Waals surface area contributed by atoms with Crippen LogP contribution in [0.3, 0.4) is 0 Å². The van der Waals surface area contributed by atoms with E-state index in [1.165, 1.54) is 6.07 Å². The molecule has 0 aliphatic carbocycles. The van der Waals surface area contributed by atoms with E-state index in [0.717, 1.165) is 48.6 Å². The number of nitrogens with one attached hydrogen (secondary N) is 1. The standard InChI is InChI=1S/C24H25FN2O/c25-22-8-4-7-21(17-22)24(27-15-13-26-14-16-27)20-9-11-23(12-10-20)28-18-19-5-2-1-3-6-19/h1-12,17,24,26H,13-16,18H2. The first-order chi connectivity index (χ1) is 13.8. The first-order valence-electron chi connectivity index (χ1n) is 9.76. The first kappa shape index (κ1) is 18.7. The molecule has 0 saturated carbocycles. The quantitative estimate of drug-likeness (QED) is 0.690. The van der Waals surface area contributed by atoms with E-state index >= 15 is 0 Å². The van der Waals surface area contributed by atoms with E-state index in [4.69, 9.17) is 4.74 Å². The number of ether oxygens (including phenoxy) is 1. The Kier molecular flexibility index (Phi) is 6.00. The molecule has 1 N–H and O–H groups in total. The van der Waals surface area contributed by atoms with Crippen LogP contribution in [0, 0.1) is 5.82 Å². The zero-order chi connectivity index (χ0) is 19.2. The third-order valence-electron chi connectivity index (χ3n) is 5.13. The van der Waals surface area contributed by atoms with Gasteiger partial charge in [-0.2, -0.15) is 0 Å². The summed E-state index contributed by atoms with van der Waals surface area (Å²) < 4.78 is 19.8. The molecule has 3 aromatic carbocycles. The van der Waals surface area contributed by atoms with Gasteiger partial charge in [-0.3, -0.25) is 4.90 Å². The summed E-state index contributed by atoms with van der Waals surface area (Å²) in [6, 6.07) is 25.3. The van der Waals surface area contributed by atoms with Gasteiger partial charge in [0.1, 0.15) is 18.2 Å². The highest BCUT2D eigenvalue weighted by atomic mass is 19.1. The maximum absolute atomic E-state index is 13.9. The Morgan fingerprint density at radius 3 is 2.32 bits per heavy atom. The van der Waals surface area contributed by atoms with Gasteiger partial charge >= 0.3 is 0 Å². The highest BCUT2D eigenvalue weighted by molar-refractivity contribution is 5.36. The smallest absolute Gasteiger partial charge is 0.123 e. The Morgan fingerprint density at radius 1 is 0.857 bits per heavy atom. The van der Waals surface area contributed by atoms with Crippen molar-refractivity contribution in [3.05, 3.63) is 101 Å². The van der Waals surface area contributed by atoms with Gasteiger partial charge in [0, 0.05) is 26.2 Å². The van der Waals surface area contributed by atoms with Gasteiger partial charge < -0.3 is 10.1 Å². The number of hydrogen-bond acceptors (Lipinski definition) is 3. The lowest BCUT2D eigenvalue weighted by Crippen LogP contribution is -2.45. The van der Waals surface area contributed by atoms with Gasteiger partial charge in [-0.15, -0.1) is 0 Å². The van der Waals surface area contributed by atoms with Crippen molar-refractivity contribution in [2.45, 2.75) is 12.6 Å². The van der Waals surface area contributed by atoms with Gasteiger partial charge in [0.15, 0.2) is 0 Å². The molecular weight excluding hydrogens is 351 g/mol. The maximum Gasteiger partial charge on any atom is 0.123 e. The molecule has 4 rings (SSSR count). The van der Waals surface area contributed by atoms with Gasteiger partial charge in [0.05, 0.1) is 6.04 Å². The van der Waals surface area contributed by atoms with Crippen molar-refractivity contribution in [2.24, 2.45) is 0 Å². The third-order valence-corrected chi connectivity index (χ3v) is 5.13. The molecule has 0 radical (unpaired) electrons. The second-order valence-corrected chi connectivity index (χ2v) is 7.09. The number of hydrogen-bond donors (Lipinski definition) is 1. The Balaban J connectivity index is 1.54. The van der Waals surface area contributed by atoms with Crippen LogP contribution in [0.5, 0.6) is 5.75 Å². The molecule has 1 fully saturated rings. The van der Waals surface area contributed by atoms with Crippen molar-refractivity contribution in [1.82, 2.24) is 10.2 Å². The molecule has 28 heavy (non-hydrogen) atoms. The lowest BCUT2D eigenvalue weighted by molar-refractivity contribution is 0.198. The topological polar surface area (TPSA) is 24.5 Å². The molecule has 0 amide bonds. The van der Waals surface area contributed by atoms with E-state index in [1.807, 2.05) is 36.4 Å². The molecule has 3 aromatic rings. The summed E-state index contributed by atoms with van der Waals surface area (Å²) >= 11 is 0. The second-order valence-electron chi connectivity index (χ2n) is 7.09. The minimum absolute atomic E-state index is 0.0426. The first-order valence-corrected chi connectivity index (χ1v) is 9.76. The number of piperazine rings is 1. The molecule has 1 unspecified atom stereocenters. The molecule has 1 atom stereocenters. The van der Waals surface area contributed by atoms with Gasteiger partial charge in [0.2, 0.25) is 0 Å². The van der Waals surface area contributed by atoms with Gasteiger partial charge in [-0.25, -0.2) is 4.39 Å². The van der Waals surface area contributed by atoms with Crippen LogP contribution in [0.4, 0.5) is 4.39 Å². The van der Waals surface area contributed by atoms with Crippen molar-refractivity contribution in [1.29, 1.82) is 0 Å². The second kappa shape index (κ2) is 9.00. The fourth-order valence-corrected chi connectivity index (χ4v) is 3.72. The lowest BCUT2D eigenvalue weighted by atomic mass is 9.96. The Bertz CT molecular complexity index is 877. The summed E-state index contributed by atoms with van der Waals surface area (Å²) in [5.41, 5.74) is 3.28. The zero-order valence-corrected chi connectivity index (χ0v) is 15.9. The van der Waals surface area contributed by atoms with Crippen molar-refractivity contribution < 1.29 is 9.13 Å². The van der Waals surface area contributed by atoms with Crippen LogP contribution in [0.1, 0.15) is 22.7 Å². The predicted molar refractivity (Wildman–Crippen MR) is 110 cm³/mol. The minimum Gasteiger partial charge on any atom is -0.489 e. The normalized spacial score (nSPS) is 15.9. The number of rotatable bonds is 6. The lowest BCUT2D eigenvalue weighted by Gasteiger charge is -2.35. The van der Waals surface area contributed by atoms with Gasteiger partial charge in [0.25, 0.3) is 0 Å². The fraction of sp³-hybridized carbons (Fsp3) is 0.250. The fourth-order valence-electron chi connectivity index (χ4n) is 3.72. The molecule has 1 aliphatic rings. The molecule has 0 aromatic heterocycles. The summed E-state index contributed by atoms with van der Waals surface area (Å²) in [5, 5.41) is 3.39. The Hall–Kier alpha value is -2.69. The third kappa shape index (κ3) is 4.58. The molecule has 1 saturated heterocycles. The van der Waals surface area contributed by atoms with Crippen molar-refractivity contribution in [3.63, 3.8) is 0 Å². The number of halogens is 1. The summed E-state index contributed by atoms with van der Waals surface area (Å²) in [5.74, 6) is 0.645. The van der Waals surface area contributed by atoms with Crippen molar-refractivity contribution in [3.8, 4) is 5.75 Å². The van der Waals surface area contributed by atoms with Gasteiger partial charge in [-0.05, 0) is 41.0 Å². The molecule has 1 heterocycles. The molecule has 0 bridgehead atoms. The Labute approximate surface area is 165 Å². The van der Waals surface area contributed by atoms with E-state index in [0.29, 0.717) is 6.61 Å². The van der Waals surface area contributed by atoms with E-state index in [1.54, 1.807) is 12.1 Å². The SMILES string of the molecule is Fc1cccc(C(c2ccc(OCc3ccccc3)cc2)N2CCNCC2)c1. The van der Waals surface area contributed by atoms with E-state index in [2.05, 4.69) is 34.5 Å². The average Bonchev–Trinajstić information content (AvgIpc) is 2.75. The summed E-state index contributed by atoms with van der Waals surface area (Å²) in [6.07, 6.45) is 0. The summed E-state index contributed by atoms with van der Waals surface area (Å²) in [7, 11) is 0. The van der Waals surface area contributed by atoms with Crippen LogP contribution in [0.2, 0.25) is 0 Å². The molecule has 4 heteroatoms. The highest BCUT2D eigenvalue weighted by Crippen LogP contribution is 2.30. The van der Waals surface area contributed by atoms with E-state index < -0.39 is 0 Å². The highest BCUT2D eigenvalue weighted by Gasteiger charge is 2.24. The van der Waals surface area contributed by atoms with Crippen LogP contribution in [-0.4, -0.2) is 31.1 Å². The van der Waals surface area contributed by atoms with Crippen LogP contribution in [0.25, 0.3) is 0 Å². The molecule has 3 nitrogen and oxygen atoms in total. The molecular formula is C24H25FN2O. The van der Waals surface area contributed by atoms with Gasteiger partial charge in [-0.1, -0.05) is 54.6 Å². The largest absolute Gasteiger partial charge is 0.489 e. The van der Waals surface area contributed by atoms with Crippen molar-refractivity contribution >= 4 is 0 Å². The van der Waals surface area contributed by atoms with E-state index in [-0.39, 0.29) is 11.9 Å². The number of benzene rings is 3. The summed E-state index contributed by atoms with van der Waals surface area (Å²) in [6.45, 7) is 4.32.